The topological polar surface area (TPSA) is 73.1 Å². The number of rotatable bonds is 7. The van der Waals surface area contributed by atoms with Gasteiger partial charge < -0.3 is 10.4 Å². The van der Waals surface area contributed by atoms with Crippen molar-refractivity contribution in [3.05, 3.63) is 0 Å². The summed E-state index contributed by atoms with van der Waals surface area (Å²) in [7, 11) is 0. The monoisotopic (exact) mass is 258 g/mol. The Balaban J connectivity index is 4.68. The molecule has 1 amide bonds. The van der Waals surface area contributed by atoms with E-state index in [1.165, 1.54) is 11.8 Å². The predicted octanol–water partition coefficient (Wildman–Crippen LogP) is 1.54. The van der Waals surface area contributed by atoms with Crippen molar-refractivity contribution in [2.75, 3.05) is 12.9 Å². The Bertz CT molecular complexity index is 281. The SMILES string of the molecule is CCC(C#N)(CC)C(=O)NC(C)C(CO)SC. The van der Waals surface area contributed by atoms with Gasteiger partial charge in [0, 0.05) is 11.3 Å². The van der Waals surface area contributed by atoms with E-state index in [1.54, 1.807) is 0 Å². The summed E-state index contributed by atoms with van der Waals surface area (Å²) in [4.78, 5) is 12.1. The van der Waals surface area contributed by atoms with Crippen molar-refractivity contribution in [2.24, 2.45) is 5.41 Å². The number of hydrogen-bond donors (Lipinski definition) is 2. The van der Waals surface area contributed by atoms with E-state index < -0.39 is 5.41 Å². The van der Waals surface area contributed by atoms with E-state index >= 15 is 0 Å². The molecule has 0 saturated heterocycles. The van der Waals surface area contributed by atoms with Crippen LogP contribution in [0.15, 0.2) is 0 Å². The van der Waals surface area contributed by atoms with Gasteiger partial charge in [-0.05, 0) is 26.0 Å². The van der Waals surface area contributed by atoms with E-state index in [9.17, 15) is 4.79 Å². The third-order valence-corrected chi connectivity index (χ3v) is 4.42. The van der Waals surface area contributed by atoms with E-state index in [1.807, 2.05) is 27.0 Å². The first-order chi connectivity index (χ1) is 8.01. The number of nitrogens with zero attached hydrogens (tertiary/aromatic N) is 1. The number of carbonyl (C=O) groups is 1. The fourth-order valence-corrected chi connectivity index (χ4v) is 2.28. The van der Waals surface area contributed by atoms with Crippen LogP contribution in [0.5, 0.6) is 0 Å². The highest BCUT2D eigenvalue weighted by molar-refractivity contribution is 7.99. The first-order valence-corrected chi connectivity index (χ1v) is 7.15. The second-order valence-electron chi connectivity index (χ2n) is 4.12. The Morgan fingerprint density at radius 1 is 1.53 bits per heavy atom. The highest BCUT2D eigenvalue weighted by atomic mass is 32.2. The molecular formula is C12H22N2O2S. The van der Waals surface area contributed by atoms with Gasteiger partial charge >= 0.3 is 0 Å². The number of nitriles is 1. The summed E-state index contributed by atoms with van der Waals surface area (Å²) in [6.45, 7) is 5.55. The number of hydrogen-bond acceptors (Lipinski definition) is 4. The number of nitrogens with one attached hydrogen (secondary N) is 1. The number of aliphatic hydroxyl groups is 1. The van der Waals surface area contributed by atoms with E-state index in [0.29, 0.717) is 12.8 Å². The maximum absolute atomic E-state index is 12.1. The van der Waals surface area contributed by atoms with E-state index in [0.717, 1.165) is 0 Å². The molecule has 0 radical (unpaired) electrons. The third-order valence-electron chi connectivity index (χ3n) is 3.25. The highest BCUT2D eigenvalue weighted by Gasteiger charge is 2.36. The molecule has 0 spiro atoms. The van der Waals surface area contributed by atoms with Crippen LogP contribution in [0.4, 0.5) is 0 Å². The van der Waals surface area contributed by atoms with Gasteiger partial charge in [0.15, 0.2) is 0 Å². The summed E-state index contributed by atoms with van der Waals surface area (Å²) in [5.74, 6) is -0.231. The lowest BCUT2D eigenvalue weighted by Gasteiger charge is -2.27. The van der Waals surface area contributed by atoms with Gasteiger partial charge in [0.2, 0.25) is 5.91 Å². The minimum Gasteiger partial charge on any atom is -0.395 e. The standard InChI is InChI=1S/C12H22N2O2S/c1-5-12(6-2,8-13)11(16)14-9(3)10(7-15)17-4/h9-10,15H,5-7H2,1-4H3,(H,14,16). The van der Waals surface area contributed by atoms with Crippen LogP contribution < -0.4 is 5.32 Å². The smallest absolute Gasteiger partial charge is 0.240 e. The lowest BCUT2D eigenvalue weighted by molar-refractivity contribution is -0.129. The van der Waals surface area contributed by atoms with Crippen LogP contribution in [-0.2, 0) is 4.79 Å². The molecule has 0 aliphatic carbocycles. The molecule has 0 aliphatic rings. The van der Waals surface area contributed by atoms with Crippen molar-refractivity contribution in [3.8, 4) is 6.07 Å². The van der Waals surface area contributed by atoms with Crippen LogP contribution in [0.3, 0.4) is 0 Å². The quantitative estimate of drug-likeness (QED) is 0.726. The maximum Gasteiger partial charge on any atom is 0.240 e. The maximum atomic E-state index is 12.1. The second kappa shape index (κ2) is 7.57. The van der Waals surface area contributed by atoms with Crippen LogP contribution in [0.25, 0.3) is 0 Å². The first kappa shape index (κ1) is 16.3. The Hall–Kier alpha value is -0.730. The molecule has 2 unspecified atom stereocenters. The molecule has 0 rings (SSSR count). The Morgan fingerprint density at radius 3 is 2.35 bits per heavy atom. The fraction of sp³-hybridized carbons (Fsp3) is 0.833. The van der Waals surface area contributed by atoms with Gasteiger partial charge in [-0.2, -0.15) is 17.0 Å². The van der Waals surface area contributed by atoms with Gasteiger partial charge in [-0.3, -0.25) is 4.79 Å². The average Bonchev–Trinajstić information content (AvgIpc) is 2.33. The van der Waals surface area contributed by atoms with Gasteiger partial charge in [0.05, 0.1) is 12.7 Å². The molecule has 0 heterocycles. The van der Waals surface area contributed by atoms with Gasteiger partial charge in [0.25, 0.3) is 0 Å². The van der Waals surface area contributed by atoms with E-state index in [2.05, 4.69) is 11.4 Å². The molecule has 4 nitrogen and oxygen atoms in total. The van der Waals surface area contributed by atoms with Crippen LogP contribution >= 0.6 is 11.8 Å². The lowest BCUT2D eigenvalue weighted by Crippen LogP contribution is -2.47. The van der Waals surface area contributed by atoms with Crippen molar-refractivity contribution >= 4 is 17.7 Å². The number of amides is 1. The summed E-state index contributed by atoms with van der Waals surface area (Å²) in [5, 5.41) is 21.1. The minimum atomic E-state index is -0.938. The molecule has 98 valence electrons. The molecule has 0 fully saturated rings. The zero-order valence-corrected chi connectivity index (χ0v) is 11.8. The fourth-order valence-electron chi connectivity index (χ4n) is 1.65. The van der Waals surface area contributed by atoms with Crippen LogP contribution in [0, 0.1) is 16.7 Å². The van der Waals surface area contributed by atoms with Crippen molar-refractivity contribution in [1.29, 1.82) is 5.26 Å². The van der Waals surface area contributed by atoms with Crippen LogP contribution in [0.2, 0.25) is 0 Å². The third kappa shape index (κ3) is 3.90. The molecule has 2 N–H and O–H groups in total. The molecule has 2 atom stereocenters. The molecule has 0 aromatic heterocycles. The van der Waals surface area contributed by atoms with Crippen molar-refractivity contribution in [3.63, 3.8) is 0 Å². The molecular weight excluding hydrogens is 236 g/mol. The van der Waals surface area contributed by atoms with E-state index in [4.69, 9.17) is 10.4 Å². The highest BCUT2D eigenvalue weighted by Crippen LogP contribution is 2.26. The predicted molar refractivity (Wildman–Crippen MR) is 70.6 cm³/mol. The molecule has 17 heavy (non-hydrogen) atoms. The summed E-state index contributed by atoms with van der Waals surface area (Å²) in [5.41, 5.74) is -0.938. The summed E-state index contributed by atoms with van der Waals surface area (Å²) >= 11 is 1.51. The number of thioether (sulfide) groups is 1. The summed E-state index contributed by atoms with van der Waals surface area (Å²) in [6, 6.07) is 1.97. The Kier molecular flexibility index (Phi) is 7.24. The normalized spacial score (nSPS) is 14.8. The van der Waals surface area contributed by atoms with Crippen molar-refractivity contribution in [2.45, 2.75) is 44.9 Å². The zero-order chi connectivity index (χ0) is 13.5. The first-order valence-electron chi connectivity index (χ1n) is 5.87. The largest absolute Gasteiger partial charge is 0.395 e. The lowest BCUT2D eigenvalue weighted by atomic mass is 9.83. The van der Waals surface area contributed by atoms with Gasteiger partial charge in [0.1, 0.15) is 5.41 Å². The summed E-state index contributed by atoms with van der Waals surface area (Å²) < 4.78 is 0. The zero-order valence-electron chi connectivity index (χ0n) is 11.0. The minimum absolute atomic E-state index is 0.0143. The summed E-state index contributed by atoms with van der Waals surface area (Å²) in [6.07, 6.45) is 2.89. The second-order valence-corrected chi connectivity index (χ2v) is 5.20. The van der Waals surface area contributed by atoms with Crippen LogP contribution in [-0.4, -0.2) is 35.2 Å². The molecule has 0 aliphatic heterocycles. The Labute approximate surface area is 108 Å². The average molecular weight is 258 g/mol. The molecule has 0 bridgehead atoms. The van der Waals surface area contributed by atoms with Crippen molar-refractivity contribution in [1.82, 2.24) is 5.32 Å². The van der Waals surface area contributed by atoms with Gasteiger partial charge in [-0.25, -0.2) is 0 Å². The van der Waals surface area contributed by atoms with Gasteiger partial charge in [-0.1, -0.05) is 13.8 Å². The number of carbonyl (C=O) groups excluding carboxylic acids is 1. The molecule has 0 aromatic carbocycles. The van der Waals surface area contributed by atoms with Crippen LogP contribution in [0.1, 0.15) is 33.6 Å². The number of aliphatic hydroxyl groups excluding tert-OH is 1. The van der Waals surface area contributed by atoms with Gasteiger partial charge in [-0.15, -0.1) is 0 Å². The Morgan fingerprint density at radius 2 is 2.06 bits per heavy atom. The van der Waals surface area contributed by atoms with E-state index in [-0.39, 0.29) is 23.8 Å². The molecule has 0 aromatic rings. The molecule has 5 heteroatoms. The molecule has 0 saturated carbocycles. The van der Waals surface area contributed by atoms with Crippen molar-refractivity contribution < 1.29 is 9.90 Å².